The highest BCUT2D eigenvalue weighted by molar-refractivity contribution is 7.47. The lowest BCUT2D eigenvalue weighted by atomic mass is 9.84. The van der Waals surface area contributed by atoms with Crippen LogP contribution in [0.4, 0.5) is 0 Å². The summed E-state index contributed by atoms with van der Waals surface area (Å²) in [6.07, 6.45) is -59.6. The van der Waals surface area contributed by atoms with Gasteiger partial charge in [-0.1, -0.05) is 0 Å². The van der Waals surface area contributed by atoms with E-state index in [2.05, 4.69) is 4.52 Å². The first-order valence-corrected chi connectivity index (χ1v) is 26.8. The highest BCUT2D eigenvalue weighted by Gasteiger charge is 2.62. The topological polar surface area (TPSA) is 600 Å². The maximum Gasteiger partial charge on any atom is 0.473 e. The van der Waals surface area contributed by atoms with E-state index in [9.17, 15) is 106 Å². The van der Waals surface area contributed by atoms with Gasteiger partial charge in [0.2, 0.25) is 0 Å². The van der Waals surface area contributed by atoms with Crippen molar-refractivity contribution in [2.45, 2.75) is 190 Å². The number of phosphoric acid groups is 2. The molecule has 7 aliphatic rings. The molecule has 7 fully saturated rings. The molecule has 3 unspecified atom stereocenters. The monoisotopic (exact) mass is 1170 g/mol. The number of hydrogen-bond acceptors (Lipinski definition) is 35. The lowest BCUT2D eigenvalue weighted by Gasteiger charge is -2.49. The van der Waals surface area contributed by atoms with Crippen LogP contribution in [0.5, 0.6) is 0 Å². The van der Waals surface area contributed by atoms with Gasteiger partial charge in [-0.15, -0.1) is 0 Å². The van der Waals surface area contributed by atoms with Gasteiger partial charge in [-0.3, -0.25) is 18.1 Å². The molecule has 0 spiro atoms. The summed E-state index contributed by atoms with van der Waals surface area (Å²) in [6.45, 7) is -5.75. The smallest absolute Gasteiger partial charge is 0.394 e. The molecule has 6 heterocycles. The van der Waals surface area contributed by atoms with Crippen LogP contribution >= 0.6 is 15.6 Å². The van der Waals surface area contributed by atoms with Crippen molar-refractivity contribution >= 4 is 15.6 Å². The molecule has 0 amide bonds. The Bertz CT molecular complexity index is 1980. The van der Waals surface area contributed by atoms with Crippen molar-refractivity contribution in [3.8, 4) is 0 Å². The van der Waals surface area contributed by atoms with Gasteiger partial charge in [0.25, 0.3) is 0 Å². The second-order valence-corrected chi connectivity index (χ2v) is 21.8. The Morgan fingerprint density at radius 2 is 0.857 bits per heavy atom. The fourth-order valence-corrected chi connectivity index (χ4v) is 11.3. The third-order valence-electron chi connectivity index (χ3n) is 13.8. The van der Waals surface area contributed by atoms with E-state index in [4.69, 9.17) is 72.4 Å². The van der Waals surface area contributed by atoms with E-state index in [1.807, 2.05) is 0 Å². The summed E-state index contributed by atoms with van der Waals surface area (Å²) in [5.41, 5.74) is 11.5. The van der Waals surface area contributed by atoms with Gasteiger partial charge in [0.1, 0.15) is 153 Å². The Morgan fingerprint density at radius 1 is 0.442 bits per heavy atom. The molecule has 1 saturated carbocycles. The molecule has 0 aromatic heterocycles. The van der Waals surface area contributed by atoms with Gasteiger partial charge in [0.05, 0.1) is 45.7 Å². The Morgan fingerprint density at radius 3 is 1.44 bits per heavy atom. The average Bonchev–Trinajstić information content (AvgIpc) is 3.77. The zero-order valence-corrected chi connectivity index (χ0v) is 41.7. The number of phosphoric ester groups is 2. The van der Waals surface area contributed by atoms with E-state index in [1.165, 1.54) is 0 Å². The second-order valence-electron chi connectivity index (χ2n) is 18.9. The minimum atomic E-state index is -4.92. The summed E-state index contributed by atoms with van der Waals surface area (Å²) in [5, 5.41) is 183. The Balaban J connectivity index is 1.08. The summed E-state index contributed by atoms with van der Waals surface area (Å²) in [7, 11) is -9.76. The third kappa shape index (κ3) is 13.7. The average molecular weight is 1170 g/mol. The molecule has 1 aliphatic carbocycles. The zero-order chi connectivity index (χ0) is 56.7. The van der Waals surface area contributed by atoms with Gasteiger partial charge in [-0.25, -0.2) is 9.13 Å². The van der Waals surface area contributed by atoms with Crippen molar-refractivity contribution in [2.24, 2.45) is 11.5 Å². The van der Waals surface area contributed by atoms with Gasteiger partial charge < -0.3 is 155 Å². The van der Waals surface area contributed by atoms with Crippen molar-refractivity contribution in [2.75, 3.05) is 46.2 Å². The van der Waals surface area contributed by atoms with Crippen LogP contribution in [0.2, 0.25) is 0 Å². The molecular formula is C38H68N2O35P2. The van der Waals surface area contributed by atoms with E-state index in [0.29, 0.717) is 0 Å². The number of aliphatic hydroxyl groups excluding tert-OH is 17. The van der Waals surface area contributed by atoms with Gasteiger partial charge in [0, 0.05) is 6.54 Å². The van der Waals surface area contributed by atoms with Crippen LogP contribution in [-0.4, -0.2) is 333 Å². The van der Waals surface area contributed by atoms with Crippen molar-refractivity contribution in [1.29, 1.82) is 0 Å². The summed E-state index contributed by atoms with van der Waals surface area (Å²) in [4.78, 5) is 20.0. The van der Waals surface area contributed by atoms with Gasteiger partial charge >= 0.3 is 15.6 Å². The normalized spacial score (nSPS) is 52.5. The fourth-order valence-electron chi connectivity index (χ4n) is 9.44. The second kappa shape index (κ2) is 26.3. The SMILES string of the molecule is NCCOP(=O)(O)OC[C@H]1O[C@H](O[C@@H]2[C@@H](OC[C@H]3OC(O[C@H]4[C@H](O)[C@@H](N)[C@@H](O[C@@H]5[C@@H](O)[C@H](O)[C@@H](O)[C@H]6OP(=O)(O)O[C@H]65)O[C@@H]4CO)[C@@H](O)[C@@H](O)[C@@H]3O)O[C@H](CO)[C@@H](O)[C@@H]2O)[C@@H](O[C@H]2O[C@H](CO)[C@@H](O)[C@H](O)[C@@H]2O)[C@@H](O)[C@@H]1O. The van der Waals surface area contributed by atoms with Crippen molar-refractivity contribution in [3.05, 3.63) is 0 Å². The van der Waals surface area contributed by atoms with Crippen molar-refractivity contribution < 1.29 is 171 Å². The molecule has 33 atom stereocenters. The molecule has 6 aliphatic heterocycles. The van der Waals surface area contributed by atoms with Gasteiger partial charge in [-0.05, 0) is 0 Å². The van der Waals surface area contributed by atoms with Crippen LogP contribution in [0.15, 0.2) is 0 Å². The molecule has 39 heteroatoms. The molecule has 0 aromatic carbocycles. The molecule has 0 aromatic rings. The van der Waals surface area contributed by atoms with E-state index < -0.39 is 245 Å². The Labute approximate surface area is 434 Å². The minimum absolute atomic E-state index is 0.229. The van der Waals surface area contributed by atoms with Crippen LogP contribution in [0.1, 0.15) is 0 Å². The number of ether oxygens (including phenoxy) is 10. The van der Waals surface area contributed by atoms with E-state index in [1.54, 1.807) is 0 Å². The van der Waals surface area contributed by atoms with E-state index in [0.717, 1.165) is 0 Å². The van der Waals surface area contributed by atoms with Crippen molar-refractivity contribution in [3.63, 3.8) is 0 Å². The van der Waals surface area contributed by atoms with E-state index >= 15 is 0 Å². The molecule has 0 radical (unpaired) electrons. The first kappa shape index (κ1) is 63.6. The maximum absolute atomic E-state index is 12.5. The summed E-state index contributed by atoms with van der Waals surface area (Å²) < 4.78 is 101. The number of fused-ring (bicyclic) bond motifs is 1. The quantitative estimate of drug-likeness (QED) is 0.0503. The predicted molar refractivity (Wildman–Crippen MR) is 232 cm³/mol. The zero-order valence-electron chi connectivity index (χ0n) is 39.9. The van der Waals surface area contributed by atoms with Gasteiger partial charge in [0.15, 0.2) is 31.5 Å². The molecule has 0 bridgehead atoms. The lowest BCUT2D eigenvalue weighted by molar-refractivity contribution is -0.396. The van der Waals surface area contributed by atoms with Crippen LogP contribution in [0, 0.1) is 0 Å². The van der Waals surface area contributed by atoms with Crippen LogP contribution in [0.3, 0.4) is 0 Å². The Kier molecular flexibility index (Phi) is 21.8. The molecule has 37 nitrogen and oxygen atoms in total. The Hall–Kier alpha value is -0.940. The van der Waals surface area contributed by atoms with Gasteiger partial charge in [-0.2, -0.15) is 0 Å². The van der Waals surface area contributed by atoms with Crippen molar-refractivity contribution in [1.82, 2.24) is 0 Å². The standard InChI is InChI=1S/C38H68N2O35P2/c39-1-2-63-76(58,59)64-7-12-17(47)23(53)32(72-35-26(56)19(49)14(44)8(3-41)65-35)38(69-12)73-31-22(52)15(45)9(4-42)66-37(31)62-6-11-16(46)20(50)27(57)36(68-11)70-28-10(5-43)67-34(13(40)18(28)48)71-29-24(54)21(51)25(55)30-33(29)75-77(60,61)74-30/h8-38,41-57H,1-7,39-40H2,(H,58,59)(H,60,61)/t8-,9-,10-,11-,12-,13-,14-,15-,16-,17-,18-,19+,20+,21+,22+,23+,24+,25-,26+,27+,28-,29-,30-,31+,32+,33+,34-,35-,36?,37+,38-/m1/s1. The van der Waals surface area contributed by atoms with Crippen LogP contribution in [0.25, 0.3) is 0 Å². The predicted octanol–water partition coefficient (Wildman–Crippen LogP) is -13.5. The third-order valence-corrected chi connectivity index (χ3v) is 15.8. The molecule has 6 saturated heterocycles. The number of rotatable bonds is 20. The van der Waals surface area contributed by atoms with E-state index in [-0.39, 0.29) is 6.54 Å². The molecule has 450 valence electrons. The van der Waals surface area contributed by atoms with Crippen LogP contribution in [-0.2, 0) is 74.6 Å². The lowest BCUT2D eigenvalue weighted by Crippen LogP contribution is -2.69. The minimum Gasteiger partial charge on any atom is -0.394 e. The highest BCUT2D eigenvalue weighted by atomic mass is 31.2. The molecule has 23 N–H and O–H groups in total. The summed E-state index contributed by atoms with van der Waals surface area (Å²) in [5.74, 6) is 0. The van der Waals surface area contributed by atoms with Crippen LogP contribution < -0.4 is 11.5 Å². The number of aliphatic hydroxyl groups is 17. The first-order valence-electron chi connectivity index (χ1n) is 23.8. The fraction of sp³-hybridized carbons (Fsp3) is 1.00. The molecule has 77 heavy (non-hydrogen) atoms. The molecular weight excluding hydrogens is 1110 g/mol. The first-order chi connectivity index (χ1) is 36.2. The molecule has 7 rings (SSSR count). The number of nitrogens with two attached hydrogens (primary N) is 2. The summed E-state index contributed by atoms with van der Waals surface area (Å²) in [6, 6.07) is -1.74. The number of hydrogen-bond donors (Lipinski definition) is 21. The summed E-state index contributed by atoms with van der Waals surface area (Å²) >= 11 is 0. The largest absolute Gasteiger partial charge is 0.473 e. The highest BCUT2D eigenvalue weighted by Crippen LogP contribution is 2.56. The maximum atomic E-state index is 12.5.